The highest BCUT2D eigenvalue weighted by Crippen LogP contribution is 2.27. The molecule has 0 unspecified atom stereocenters. The summed E-state index contributed by atoms with van der Waals surface area (Å²) in [5.41, 5.74) is 0.674. The molecule has 0 spiro atoms. The van der Waals surface area contributed by atoms with E-state index in [1.165, 1.54) is 23.5 Å². The predicted octanol–water partition coefficient (Wildman–Crippen LogP) is 1.60. The van der Waals surface area contributed by atoms with E-state index in [-0.39, 0.29) is 4.90 Å². The van der Waals surface area contributed by atoms with Gasteiger partial charge in [0.15, 0.2) is 4.47 Å². The smallest absolute Gasteiger partial charge is 0.225 e. The summed E-state index contributed by atoms with van der Waals surface area (Å²) in [4.78, 5) is 4.06. The number of primary sulfonamides is 1. The molecule has 0 radical (unpaired) electrons. The van der Waals surface area contributed by atoms with E-state index in [1.807, 2.05) is 0 Å². The Morgan fingerprint density at radius 2 is 2.14 bits per heavy atom. The number of sulfonamides is 1. The van der Waals surface area contributed by atoms with E-state index in [4.69, 9.17) is 16.7 Å². The Hall–Kier alpha value is -0.690. The Kier molecular flexibility index (Phi) is 2.23. The fourth-order valence-corrected chi connectivity index (χ4v) is 2.74. The first-order chi connectivity index (χ1) is 6.47. The lowest BCUT2D eigenvalue weighted by molar-refractivity contribution is 0.598. The van der Waals surface area contributed by atoms with Crippen LogP contribution in [0.5, 0.6) is 0 Å². The van der Waals surface area contributed by atoms with Crippen molar-refractivity contribution < 1.29 is 8.42 Å². The Bertz CT molecular complexity index is 591. The molecule has 14 heavy (non-hydrogen) atoms. The van der Waals surface area contributed by atoms with Crippen LogP contribution in [-0.4, -0.2) is 13.4 Å². The molecule has 4 nitrogen and oxygen atoms in total. The molecule has 0 aliphatic rings. The van der Waals surface area contributed by atoms with Gasteiger partial charge in [0.2, 0.25) is 10.0 Å². The molecule has 74 valence electrons. The lowest BCUT2D eigenvalue weighted by Crippen LogP contribution is -2.11. The molecule has 0 amide bonds. The van der Waals surface area contributed by atoms with Gasteiger partial charge in [-0.2, -0.15) is 0 Å². The second-order valence-corrected chi connectivity index (χ2v) is 5.82. The van der Waals surface area contributed by atoms with Crippen molar-refractivity contribution in [3.05, 3.63) is 22.7 Å². The average Bonchev–Trinajstić information content (AvgIpc) is 2.41. The van der Waals surface area contributed by atoms with Gasteiger partial charge in [0.05, 0.1) is 15.1 Å². The van der Waals surface area contributed by atoms with Crippen molar-refractivity contribution in [2.24, 2.45) is 5.14 Å². The average molecular weight is 249 g/mol. The van der Waals surface area contributed by atoms with Crippen LogP contribution in [0.1, 0.15) is 0 Å². The Balaban J connectivity index is 2.74. The number of hydrogen-bond donors (Lipinski definition) is 1. The lowest BCUT2D eigenvalue weighted by Gasteiger charge is -1.95. The van der Waals surface area contributed by atoms with Gasteiger partial charge in [-0.1, -0.05) is 11.6 Å². The lowest BCUT2D eigenvalue weighted by atomic mass is 10.3. The maximum atomic E-state index is 11.0. The van der Waals surface area contributed by atoms with Gasteiger partial charge in [-0.15, -0.1) is 11.3 Å². The van der Waals surface area contributed by atoms with Crippen molar-refractivity contribution in [3.8, 4) is 0 Å². The molecule has 2 N–H and O–H groups in total. The summed E-state index contributed by atoms with van der Waals surface area (Å²) in [7, 11) is -3.65. The molecule has 2 rings (SSSR count). The second kappa shape index (κ2) is 3.16. The predicted molar refractivity (Wildman–Crippen MR) is 56.0 cm³/mol. The Labute approximate surface area is 89.4 Å². The van der Waals surface area contributed by atoms with Crippen LogP contribution in [0, 0.1) is 0 Å². The molecule has 0 aliphatic heterocycles. The molecule has 7 heteroatoms. The van der Waals surface area contributed by atoms with Crippen LogP contribution in [0.25, 0.3) is 10.2 Å². The van der Waals surface area contributed by atoms with Crippen molar-refractivity contribution >= 4 is 43.2 Å². The summed E-state index contributed by atoms with van der Waals surface area (Å²) in [6.07, 6.45) is 0. The first-order valence-electron chi connectivity index (χ1n) is 3.56. The van der Waals surface area contributed by atoms with Crippen LogP contribution in [0.3, 0.4) is 0 Å². The first-order valence-corrected chi connectivity index (χ1v) is 6.30. The fraction of sp³-hybridized carbons (Fsp3) is 0. The van der Waals surface area contributed by atoms with Crippen molar-refractivity contribution in [1.82, 2.24) is 4.98 Å². The number of nitrogens with two attached hydrogens (primary N) is 1. The van der Waals surface area contributed by atoms with Crippen LogP contribution in [0.4, 0.5) is 0 Å². The summed E-state index contributed by atoms with van der Waals surface area (Å²) in [5.74, 6) is 0. The van der Waals surface area contributed by atoms with Gasteiger partial charge in [0.25, 0.3) is 0 Å². The molecule has 0 saturated heterocycles. The Morgan fingerprint density at radius 3 is 2.79 bits per heavy atom. The normalized spacial score (nSPS) is 12.1. The molecule has 1 aromatic carbocycles. The van der Waals surface area contributed by atoms with Crippen molar-refractivity contribution in [2.75, 3.05) is 0 Å². The summed E-state index contributed by atoms with van der Waals surface area (Å²) >= 11 is 6.89. The largest absolute Gasteiger partial charge is 0.238 e. The van der Waals surface area contributed by atoms with Gasteiger partial charge in [0, 0.05) is 0 Å². The van der Waals surface area contributed by atoms with Gasteiger partial charge in [-0.3, -0.25) is 0 Å². The summed E-state index contributed by atoms with van der Waals surface area (Å²) in [6.45, 7) is 0. The summed E-state index contributed by atoms with van der Waals surface area (Å²) < 4.78 is 23.1. The molecule has 2 aromatic rings. The van der Waals surface area contributed by atoms with Gasteiger partial charge < -0.3 is 0 Å². The minimum absolute atomic E-state index is 0.0744. The zero-order chi connectivity index (χ0) is 10.3. The van der Waals surface area contributed by atoms with Crippen molar-refractivity contribution in [2.45, 2.75) is 4.90 Å². The van der Waals surface area contributed by atoms with Crippen LogP contribution >= 0.6 is 22.9 Å². The molecule has 1 aromatic heterocycles. The number of benzene rings is 1. The van der Waals surface area contributed by atoms with Crippen LogP contribution in [0.15, 0.2) is 23.1 Å². The second-order valence-electron chi connectivity index (χ2n) is 2.64. The van der Waals surface area contributed by atoms with Crippen LogP contribution in [0.2, 0.25) is 4.47 Å². The minimum Gasteiger partial charge on any atom is -0.225 e. The standard InChI is InChI=1S/C7H5ClN2O2S2/c8-7-10-5-2-1-4(14(9,11)12)3-6(5)13-7/h1-3H,(H2,9,11,12). The number of aromatic nitrogens is 1. The molecule has 0 fully saturated rings. The topological polar surface area (TPSA) is 73.1 Å². The van der Waals surface area contributed by atoms with Crippen molar-refractivity contribution in [1.29, 1.82) is 0 Å². The molecule has 0 aliphatic carbocycles. The maximum Gasteiger partial charge on any atom is 0.238 e. The number of hydrogen-bond acceptors (Lipinski definition) is 4. The number of nitrogens with zero attached hydrogens (tertiary/aromatic N) is 1. The third-order valence-corrected chi connectivity index (χ3v) is 3.70. The van der Waals surface area contributed by atoms with E-state index in [2.05, 4.69) is 4.98 Å². The van der Waals surface area contributed by atoms with E-state index < -0.39 is 10.0 Å². The zero-order valence-corrected chi connectivity index (χ0v) is 9.16. The van der Waals surface area contributed by atoms with Gasteiger partial charge in [0.1, 0.15) is 0 Å². The van der Waals surface area contributed by atoms with E-state index in [0.717, 1.165) is 0 Å². The SMILES string of the molecule is NS(=O)(=O)c1ccc2nc(Cl)sc2c1. The van der Waals surface area contributed by atoms with E-state index in [9.17, 15) is 8.42 Å². The molecule has 0 saturated carbocycles. The van der Waals surface area contributed by atoms with E-state index >= 15 is 0 Å². The van der Waals surface area contributed by atoms with Crippen molar-refractivity contribution in [3.63, 3.8) is 0 Å². The quantitative estimate of drug-likeness (QED) is 0.833. The van der Waals surface area contributed by atoms with E-state index in [0.29, 0.717) is 14.7 Å². The minimum atomic E-state index is -3.65. The molecular formula is C7H5ClN2O2S2. The summed E-state index contributed by atoms with van der Waals surface area (Å²) in [5, 5.41) is 4.98. The molecule has 0 atom stereocenters. The highest BCUT2D eigenvalue weighted by molar-refractivity contribution is 7.89. The van der Waals surface area contributed by atoms with Crippen LogP contribution < -0.4 is 5.14 Å². The molecule has 0 bridgehead atoms. The number of rotatable bonds is 1. The van der Waals surface area contributed by atoms with Gasteiger partial charge in [-0.25, -0.2) is 18.5 Å². The molecular weight excluding hydrogens is 244 g/mol. The van der Waals surface area contributed by atoms with Gasteiger partial charge >= 0.3 is 0 Å². The van der Waals surface area contributed by atoms with E-state index in [1.54, 1.807) is 6.07 Å². The zero-order valence-electron chi connectivity index (χ0n) is 6.77. The third kappa shape index (κ3) is 1.74. The monoisotopic (exact) mass is 248 g/mol. The number of thiazole rings is 1. The number of fused-ring (bicyclic) bond motifs is 1. The summed E-state index contributed by atoms with van der Waals surface area (Å²) in [6, 6.07) is 4.46. The Morgan fingerprint density at radius 1 is 1.43 bits per heavy atom. The number of halogens is 1. The third-order valence-electron chi connectivity index (χ3n) is 1.66. The highest BCUT2D eigenvalue weighted by atomic mass is 35.5. The van der Waals surface area contributed by atoms with Crippen LogP contribution in [-0.2, 0) is 10.0 Å². The first kappa shape index (κ1) is 9.85. The maximum absolute atomic E-state index is 11.0. The van der Waals surface area contributed by atoms with Gasteiger partial charge in [-0.05, 0) is 18.2 Å². The fourth-order valence-electron chi connectivity index (χ4n) is 1.05. The highest BCUT2D eigenvalue weighted by Gasteiger charge is 2.10. The molecule has 1 heterocycles.